The molecule has 0 saturated carbocycles. The van der Waals surface area contributed by atoms with Crippen LogP contribution >= 0.6 is 15.9 Å². The molecule has 1 aromatic carbocycles. The van der Waals surface area contributed by atoms with Crippen molar-refractivity contribution in [1.29, 1.82) is 0 Å². The van der Waals surface area contributed by atoms with Gasteiger partial charge in [-0.25, -0.2) is 0 Å². The van der Waals surface area contributed by atoms with E-state index >= 15 is 0 Å². The minimum absolute atomic E-state index is 0.0582. The Morgan fingerprint density at radius 1 is 1.37 bits per heavy atom. The van der Waals surface area contributed by atoms with E-state index in [1.165, 1.54) is 0 Å². The molecule has 1 saturated heterocycles. The van der Waals surface area contributed by atoms with Crippen LogP contribution in [0.15, 0.2) is 18.2 Å². The number of nitrogens with zero attached hydrogens (tertiary/aromatic N) is 1. The number of benzene rings is 1. The van der Waals surface area contributed by atoms with Crippen LogP contribution in [0, 0.1) is 0 Å². The molecule has 5 heteroatoms. The minimum atomic E-state index is 0.0582. The van der Waals surface area contributed by atoms with Crippen molar-refractivity contribution in [2.24, 2.45) is 0 Å². The third-order valence-corrected chi connectivity index (χ3v) is 4.19. The molecule has 0 aromatic heterocycles. The molecule has 0 N–H and O–H groups in total. The van der Waals surface area contributed by atoms with E-state index in [1.54, 1.807) is 32.4 Å². The second-order valence-corrected chi connectivity index (χ2v) is 5.17. The van der Waals surface area contributed by atoms with Crippen LogP contribution in [-0.4, -0.2) is 42.9 Å². The smallest absolute Gasteiger partial charge is 0.254 e. The van der Waals surface area contributed by atoms with E-state index in [2.05, 4.69) is 15.9 Å². The maximum absolute atomic E-state index is 12.5. The van der Waals surface area contributed by atoms with Gasteiger partial charge in [-0.3, -0.25) is 4.79 Å². The summed E-state index contributed by atoms with van der Waals surface area (Å²) in [6.07, 6.45) is 2.12. The third-order valence-electron chi connectivity index (χ3n) is 3.45. The maximum atomic E-state index is 12.5. The van der Waals surface area contributed by atoms with E-state index in [0.717, 1.165) is 24.7 Å². The maximum Gasteiger partial charge on any atom is 0.254 e. The van der Waals surface area contributed by atoms with Gasteiger partial charge in [0.05, 0.1) is 14.2 Å². The zero-order valence-electron chi connectivity index (χ0n) is 11.2. The molecule has 0 radical (unpaired) electrons. The first-order valence-corrected chi connectivity index (χ1v) is 7.42. The van der Waals surface area contributed by atoms with Gasteiger partial charge in [0.2, 0.25) is 0 Å². The molecule has 1 amide bonds. The highest BCUT2D eigenvalue weighted by atomic mass is 79.9. The highest BCUT2D eigenvalue weighted by Crippen LogP contribution is 2.29. The largest absolute Gasteiger partial charge is 0.493 e. The molecule has 104 valence electrons. The molecular weight excluding hydrogens is 310 g/mol. The molecule has 2 rings (SSSR count). The van der Waals surface area contributed by atoms with E-state index in [1.807, 2.05) is 4.90 Å². The Hall–Kier alpha value is -1.23. The summed E-state index contributed by atoms with van der Waals surface area (Å²) < 4.78 is 10.4. The zero-order valence-corrected chi connectivity index (χ0v) is 12.8. The number of rotatable bonds is 4. The molecule has 1 heterocycles. The Morgan fingerprint density at radius 2 is 2.11 bits per heavy atom. The fourth-order valence-corrected chi connectivity index (χ4v) is 3.07. The van der Waals surface area contributed by atoms with Gasteiger partial charge in [-0.2, -0.15) is 0 Å². The molecule has 0 bridgehead atoms. The summed E-state index contributed by atoms with van der Waals surface area (Å²) in [5.74, 6) is 1.28. The Bertz CT molecular complexity index is 464. The fraction of sp³-hybridized carbons (Fsp3) is 0.500. The molecule has 4 nitrogen and oxygen atoms in total. The monoisotopic (exact) mass is 327 g/mol. The lowest BCUT2D eigenvalue weighted by Crippen LogP contribution is -2.36. The van der Waals surface area contributed by atoms with E-state index < -0.39 is 0 Å². The van der Waals surface area contributed by atoms with Crippen molar-refractivity contribution in [3.63, 3.8) is 0 Å². The lowest BCUT2D eigenvalue weighted by molar-refractivity contribution is 0.0750. The van der Waals surface area contributed by atoms with Gasteiger partial charge in [-0.1, -0.05) is 15.9 Å². The number of halogens is 1. The summed E-state index contributed by atoms with van der Waals surface area (Å²) in [5.41, 5.74) is 0.644. The number of alkyl halides is 1. The van der Waals surface area contributed by atoms with Crippen molar-refractivity contribution in [2.75, 3.05) is 26.1 Å². The van der Waals surface area contributed by atoms with Crippen molar-refractivity contribution < 1.29 is 14.3 Å². The van der Waals surface area contributed by atoms with Crippen LogP contribution in [0.2, 0.25) is 0 Å². The molecule has 1 aromatic rings. The Morgan fingerprint density at radius 3 is 2.74 bits per heavy atom. The van der Waals surface area contributed by atoms with Gasteiger partial charge >= 0.3 is 0 Å². The van der Waals surface area contributed by atoms with Crippen molar-refractivity contribution in [3.05, 3.63) is 23.8 Å². The Labute approximate surface area is 121 Å². The predicted octanol–water partition coefficient (Wildman–Crippen LogP) is 2.70. The summed E-state index contributed by atoms with van der Waals surface area (Å²) in [6, 6.07) is 5.59. The summed E-state index contributed by atoms with van der Waals surface area (Å²) >= 11 is 3.47. The van der Waals surface area contributed by atoms with Gasteiger partial charge in [0, 0.05) is 23.5 Å². The number of hydrogen-bond acceptors (Lipinski definition) is 3. The van der Waals surface area contributed by atoms with E-state index in [0.29, 0.717) is 23.1 Å². The topological polar surface area (TPSA) is 38.8 Å². The van der Waals surface area contributed by atoms with Crippen LogP contribution in [0.1, 0.15) is 23.2 Å². The van der Waals surface area contributed by atoms with Crippen LogP contribution in [0.3, 0.4) is 0 Å². The van der Waals surface area contributed by atoms with Gasteiger partial charge in [-0.05, 0) is 31.0 Å². The lowest BCUT2D eigenvalue weighted by atomic mass is 10.1. The average Bonchev–Trinajstić information content (AvgIpc) is 2.94. The molecule has 1 atom stereocenters. The number of amides is 1. The predicted molar refractivity (Wildman–Crippen MR) is 77.4 cm³/mol. The first kappa shape index (κ1) is 14.2. The van der Waals surface area contributed by atoms with Crippen LogP contribution in [0.25, 0.3) is 0 Å². The number of ether oxygens (including phenoxy) is 2. The van der Waals surface area contributed by atoms with E-state index in [9.17, 15) is 4.79 Å². The SMILES string of the molecule is COc1ccc(C(=O)N2CCCC2CBr)cc1OC. The van der Waals surface area contributed by atoms with Gasteiger partial charge in [-0.15, -0.1) is 0 Å². The quantitative estimate of drug-likeness (QED) is 0.798. The second-order valence-electron chi connectivity index (χ2n) is 4.52. The summed E-state index contributed by atoms with van der Waals surface area (Å²) in [4.78, 5) is 14.4. The number of carbonyl (C=O) groups is 1. The van der Waals surface area contributed by atoms with Gasteiger partial charge in [0.15, 0.2) is 11.5 Å². The van der Waals surface area contributed by atoms with Crippen LogP contribution in [0.5, 0.6) is 11.5 Å². The molecule has 19 heavy (non-hydrogen) atoms. The highest BCUT2D eigenvalue weighted by Gasteiger charge is 2.28. The molecular formula is C14H18BrNO3. The van der Waals surface area contributed by atoms with Crippen molar-refractivity contribution in [3.8, 4) is 11.5 Å². The van der Waals surface area contributed by atoms with Gasteiger partial charge in [0.25, 0.3) is 5.91 Å². The van der Waals surface area contributed by atoms with E-state index in [-0.39, 0.29) is 5.91 Å². The molecule has 1 aliphatic heterocycles. The number of carbonyl (C=O) groups excluding carboxylic acids is 1. The van der Waals surface area contributed by atoms with Crippen LogP contribution in [0.4, 0.5) is 0 Å². The lowest BCUT2D eigenvalue weighted by Gasteiger charge is -2.23. The van der Waals surface area contributed by atoms with Crippen molar-refractivity contribution >= 4 is 21.8 Å². The van der Waals surface area contributed by atoms with Crippen molar-refractivity contribution in [2.45, 2.75) is 18.9 Å². The Kier molecular flexibility index (Phi) is 4.69. The van der Waals surface area contributed by atoms with Gasteiger partial charge in [0.1, 0.15) is 0 Å². The molecule has 1 aliphatic rings. The zero-order chi connectivity index (χ0) is 13.8. The molecule has 1 unspecified atom stereocenters. The average molecular weight is 328 g/mol. The standard InChI is InChI=1S/C14H18BrNO3/c1-18-12-6-5-10(8-13(12)19-2)14(17)16-7-3-4-11(16)9-15/h5-6,8,11H,3-4,7,9H2,1-2H3. The summed E-state index contributed by atoms with van der Waals surface area (Å²) in [7, 11) is 3.16. The van der Waals surface area contributed by atoms with Gasteiger partial charge < -0.3 is 14.4 Å². The first-order valence-electron chi connectivity index (χ1n) is 6.30. The second kappa shape index (κ2) is 6.28. The minimum Gasteiger partial charge on any atom is -0.493 e. The summed E-state index contributed by atoms with van der Waals surface area (Å²) in [5, 5.41) is 0.825. The fourth-order valence-electron chi connectivity index (χ4n) is 2.40. The molecule has 0 spiro atoms. The van der Waals surface area contributed by atoms with Crippen LogP contribution < -0.4 is 9.47 Å². The first-order chi connectivity index (χ1) is 9.21. The molecule has 1 fully saturated rings. The summed E-state index contributed by atoms with van der Waals surface area (Å²) in [6.45, 7) is 0.823. The number of methoxy groups -OCH3 is 2. The number of hydrogen-bond donors (Lipinski definition) is 0. The highest BCUT2D eigenvalue weighted by molar-refractivity contribution is 9.09. The normalized spacial score (nSPS) is 18.5. The Balaban J connectivity index is 2.24. The van der Waals surface area contributed by atoms with E-state index in [4.69, 9.17) is 9.47 Å². The van der Waals surface area contributed by atoms with Crippen molar-refractivity contribution in [1.82, 2.24) is 4.90 Å². The third kappa shape index (κ3) is 2.86. The number of likely N-dealkylation sites (tertiary alicyclic amines) is 1. The van der Waals surface area contributed by atoms with Crippen LogP contribution in [-0.2, 0) is 0 Å². The molecule has 0 aliphatic carbocycles.